The van der Waals surface area contributed by atoms with E-state index in [1.54, 1.807) is 6.07 Å². The van der Waals surface area contributed by atoms with Gasteiger partial charge in [-0.2, -0.15) is 0 Å². The molecule has 2 aromatic rings. The fourth-order valence-electron chi connectivity index (χ4n) is 1.63. The number of rotatable bonds is 6. The first-order valence-corrected chi connectivity index (χ1v) is 7.62. The van der Waals surface area contributed by atoms with Crippen molar-refractivity contribution in [2.45, 2.75) is 18.6 Å². The topological polar surface area (TPSA) is 94.6 Å². The van der Waals surface area contributed by atoms with E-state index in [0.29, 0.717) is 18.9 Å². The lowest BCUT2D eigenvalue weighted by atomic mass is 10.3. The Morgan fingerprint density at radius 1 is 1.20 bits per heavy atom. The Balaban J connectivity index is 1.96. The third kappa shape index (κ3) is 3.75. The van der Waals surface area contributed by atoms with Crippen molar-refractivity contribution in [3.63, 3.8) is 0 Å². The van der Waals surface area contributed by atoms with Gasteiger partial charge in [-0.25, -0.2) is 13.6 Å². The Bertz CT molecular complexity index is 662. The minimum atomic E-state index is -3.79. The average Bonchev–Trinajstić information content (AvgIpc) is 2.87. The number of furan rings is 1. The van der Waals surface area contributed by atoms with Gasteiger partial charge in [0.2, 0.25) is 5.09 Å². The van der Waals surface area contributed by atoms with Gasteiger partial charge in [0.15, 0.2) is 0 Å². The molecule has 0 saturated heterocycles. The largest absolute Gasteiger partial charge is 0.494 e. The molecule has 7 heteroatoms. The van der Waals surface area contributed by atoms with Crippen LogP contribution in [0.15, 0.2) is 45.9 Å². The molecule has 1 aromatic heterocycles. The molecule has 108 valence electrons. The van der Waals surface area contributed by atoms with Crippen LogP contribution >= 0.6 is 0 Å². The monoisotopic (exact) mass is 296 g/mol. The Morgan fingerprint density at radius 3 is 2.45 bits per heavy atom. The van der Waals surface area contributed by atoms with Crippen molar-refractivity contribution in [2.75, 3.05) is 11.9 Å². The molecule has 0 bridgehead atoms. The summed E-state index contributed by atoms with van der Waals surface area (Å²) in [4.78, 5) is 0. The molecule has 20 heavy (non-hydrogen) atoms. The predicted molar refractivity (Wildman–Crippen MR) is 75.0 cm³/mol. The zero-order valence-corrected chi connectivity index (χ0v) is 11.8. The number of anilines is 1. The minimum absolute atomic E-state index is 0.235. The van der Waals surface area contributed by atoms with E-state index in [1.165, 1.54) is 6.07 Å². The fraction of sp³-hybridized carbons (Fsp3) is 0.231. The predicted octanol–water partition coefficient (Wildman–Crippen LogP) is 1.94. The maximum atomic E-state index is 11.1. The normalized spacial score (nSPS) is 11.3. The molecule has 0 amide bonds. The van der Waals surface area contributed by atoms with Crippen LogP contribution < -0.4 is 15.2 Å². The van der Waals surface area contributed by atoms with E-state index in [-0.39, 0.29) is 5.09 Å². The quantitative estimate of drug-likeness (QED) is 0.849. The van der Waals surface area contributed by atoms with Crippen molar-refractivity contribution in [1.29, 1.82) is 0 Å². The standard InChI is InChI=1S/C13H16N2O4S/c1-2-18-11-5-3-10(4-6-11)15-9-12-7-8-13(19-12)20(14,16)17/h3-8,15H,2,9H2,1H3,(H2,14,16,17). The number of primary sulfonamides is 1. The molecule has 6 nitrogen and oxygen atoms in total. The fourth-order valence-corrected chi connectivity index (χ4v) is 2.11. The Kier molecular flexibility index (Phi) is 4.31. The Labute approximate surface area is 117 Å². The van der Waals surface area contributed by atoms with Crippen molar-refractivity contribution in [3.8, 4) is 5.75 Å². The Hall–Kier alpha value is -1.99. The summed E-state index contributed by atoms with van der Waals surface area (Å²) < 4.78 is 32.6. The number of hydrogen-bond acceptors (Lipinski definition) is 5. The molecule has 0 aliphatic heterocycles. The first kappa shape index (κ1) is 14.4. The summed E-state index contributed by atoms with van der Waals surface area (Å²) in [6, 6.07) is 10.3. The van der Waals surface area contributed by atoms with Gasteiger partial charge >= 0.3 is 0 Å². The number of benzene rings is 1. The van der Waals surface area contributed by atoms with Crippen molar-refractivity contribution in [1.82, 2.24) is 0 Å². The lowest BCUT2D eigenvalue weighted by Gasteiger charge is -2.06. The molecule has 0 spiro atoms. The first-order valence-electron chi connectivity index (χ1n) is 6.07. The summed E-state index contributed by atoms with van der Waals surface area (Å²) in [6.07, 6.45) is 0. The van der Waals surface area contributed by atoms with Gasteiger partial charge in [0.25, 0.3) is 10.0 Å². The second-order valence-corrected chi connectivity index (χ2v) is 5.57. The van der Waals surface area contributed by atoms with Crippen molar-refractivity contribution in [3.05, 3.63) is 42.2 Å². The highest BCUT2D eigenvalue weighted by Crippen LogP contribution is 2.17. The zero-order valence-electron chi connectivity index (χ0n) is 11.0. The highest BCUT2D eigenvalue weighted by molar-refractivity contribution is 7.89. The molecule has 0 atom stereocenters. The van der Waals surface area contributed by atoms with Gasteiger partial charge in [-0.05, 0) is 43.3 Å². The number of nitrogens with one attached hydrogen (secondary N) is 1. The molecule has 0 radical (unpaired) electrons. The van der Waals surface area contributed by atoms with Crippen LogP contribution in [0, 0.1) is 0 Å². The molecule has 0 saturated carbocycles. The average molecular weight is 296 g/mol. The molecular weight excluding hydrogens is 280 g/mol. The van der Waals surface area contributed by atoms with Gasteiger partial charge in [-0.1, -0.05) is 0 Å². The highest BCUT2D eigenvalue weighted by atomic mass is 32.2. The number of sulfonamides is 1. The van der Waals surface area contributed by atoms with Crippen LogP contribution in [0.1, 0.15) is 12.7 Å². The van der Waals surface area contributed by atoms with Crippen molar-refractivity contribution in [2.24, 2.45) is 5.14 Å². The van der Waals surface area contributed by atoms with Crippen LogP contribution in [-0.2, 0) is 16.6 Å². The van der Waals surface area contributed by atoms with Gasteiger partial charge in [-0.15, -0.1) is 0 Å². The maximum absolute atomic E-state index is 11.1. The minimum Gasteiger partial charge on any atom is -0.494 e. The van der Waals surface area contributed by atoms with E-state index < -0.39 is 10.0 Å². The van der Waals surface area contributed by atoms with E-state index in [0.717, 1.165) is 11.4 Å². The lowest BCUT2D eigenvalue weighted by molar-refractivity contribution is 0.340. The van der Waals surface area contributed by atoms with E-state index in [2.05, 4.69) is 5.32 Å². The first-order chi connectivity index (χ1) is 9.49. The van der Waals surface area contributed by atoms with Gasteiger partial charge < -0.3 is 14.5 Å². The molecule has 0 fully saturated rings. The molecule has 0 aliphatic rings. The smallest absolute Gasteiger partial charge is 0.271 e. The molecule has 1 aromatic carbocycles. The second-order valence-electron chi connectivity index (χ2n) is 4.08. The molecule has 1 heterocycles. The van der Waals surface area contributed by atoms with Gasteiger partial charge in [0.1, 0.15) is 11.5 Å². The van der Waals surface area contributed by atoms with Crippen LogP contribution in [0.5, 0.6) is 5.75 Å². The van der Waals surface area contributed by atoms with Crippen molar-refractivity contribution < 1.29 is 17.6 Å². The maximum Gasteiger partial charge on any atom is 0.271 e. The van der Waals surface area contributed by atoms with Crippen LogP contribution in [0.2, 0.25) is 0 Å². The summed E-state index contributed by atoms with van der Waals surface area (Å²) in [5, 5.41) is 7.84. The van der Waals surface area contributed by atoms with Gasteiger partial charge in [-0.3, -0.25) is 0 Å². The third-order valence-corrected chi connectivity index (χ3v) is 3.33. The SMILES string of the molecule is CCOc1ccc(NCc2ccc(S(N)(=O)=O)o2)cc1. The summed E-state index contributed by atoms with van der Waals surface area (Å²) >= 11 is 0. The zero-order chi connectivity index (χ0) is 14.6. The summed E-state index contributed by atoms with van der Waals surface area (Å²) in [5.74, 6) is 1.29. The summed E-state index contributed by atoms with van der Waals surface area (Å²) in [5.41, 5.74) is 0.877. The van der Waals surface area contributed by atoms with E-state index in [9.17, 15) is 8.42 Å². The van der Waals surface area contributed by atoms with Gasteiger partial charge in [0, 0.05) is 5.69 Å². The van der Waals surface area contributed by atoms with Gasteiger partial charge in [0.05, 0.1) is 13.2 Å². The van der Waals surface area contributed by atoms with Crippen LogP contribution in [0.25, 0.3) is 0 Å². The Morgan fingerprint density at radius 2 is 1.90 bits per heavy atom. The number of ether oxygens (including phenoxy) is 1. The lowest BCUT2D eigenvalue weighted by Crippen LogP contribution is -2.10. The summed E-state index contributed by atoms with van der Waals surface area (Å²) in [7, 11) is -3.79. The van der Waals surface area contributed by atoms with Crippen LogP contribution in [0.3, 0.4) is 0 Å². The number of nitrogens with two attached hydrogens (primary N) is 1. The molecule has 2 rings (SSSR count). The van der Waals surface area contributed by atoms with E-state index in [4.69, 9.17) is 14.3 Å². The van der Waals surface area contributed by atoms with Crippen LogP contribution in [-0.4, -0.2) is 15.0 Å². The highest BCUT2D eigenvalue weighted by Gasteiger charge is 2.12. The molecule has 0 aliphatic carbocycles. The van der Waals surface area contributed by atoms with E-state index >= 15 is 0 Å². The molecular formula is C13H16N2O4S. The molecule has 0 unspecified atom stereocenters. The number of hydrogen-bond donors (Lipinski definition) is 2. The summed E-state index contributed by atoms with van der Waals surface area (Å²) in [6.45, 7) is 2.91. The molecule has 3 N–H and O–H groups in total. The van der Waals surface area contributed by atoms with Crippen molar-refractivity contribution >= 4 is 15.7 Å². The second kappa shape index (κ2) is 5.98. The van der Waals surface area contributed by atoms with E-state index in [1.807, 2.05) is 31.2 Å². The van der Waals surface area contributed by atoms with Crippen LogP contribution in [0.4, 0.5) is 5.69 Å². The third-order valence-electron chi connectivity index (χ3n) is 2.55.